The lowest BCUT2D eigenvalue weighted by atomic mass is 9.83. The highest BCUT2D eigenvalue weighted by Gasteiger charge is 2.45. The van der Waals surface area contributed by atoms with Crippen molar-refractivity contribution in [1.82, 2.24) is 24.7 Å². The molecule has 2 fully saturated rings. The van der Waals surface area contributed by atoms with Crippen molar-refractivity contribution in [2.75, 3.05) is 31.1 Å². The van der Waals surface area contributed by atoms with Gasteiger partial charge in [0.25, 0.3) is 0 Å². The van der Waals surface area contributed by atoms with E-state index in [0.717, 1.165) is 36.9 Å². The van der Waals surface area contributed by atoms with E-state index >= 15 is 0 Å². The van der Waals surface area contributed by atoms with E-state index in [-0.39, 0.29) is 21.5 Å². The minimum absolute atomic E-state index is 0.146. The first-order chi connectivity index (χ1) is 18.3. The zero-order chi connectivity index (χ0) is 26.5. The van der Waals surface area contributed by atoms with E-state index in [2.05, 4.69) is 20.1 Å². The lowest BCUT2D eigenvalue weighted by Crippen LogP contribution is -2.63. The molecule has 2 aromatic heterocycles. The first-order valence-electron chi connectivity index (χ1n) is 13.1. The van der Waals surface area contributed by atoms with Crippen molar-refractivity contribution >= 4 is 38.1 Å². The number of amides is 1. The largest absolute Gasteiger partial charge is 0.368 e. The van der Waals surface area contributed by atoms with Gasteiger partial charge in [-0.05, 0) is 70.0 Å². The number of sulfone groups is 1. The summed E-state index contributed by atoms with van der Waals surface area (Å²) in [6, 6.07) is 14.3. The fourth-order valence-electron chi connectivity index (χ4n) is 5.90. The summed E-state index contributed by atoms with van der Waals surface area (Å²) >= 11 is 0. The molecule has 2 N–H and O–H groups in total. The molecule has 0 atom stereocenters. The van der Waals surface area contributed by atoms with Gasteiger partial charge >= 0.3 is 0 Å². The van der Waals surface area contributed by atoms with Crippen LogP contribution in [0.4, 0.5) is 5.82 Å². The Hall–Kier alpha value is -3.57. The second kappa shape index (κ2) is 9.32. The first-order valence-corrected chi connectivity index (χ1v) is 14.6. The summed E-state index contributed by atoms with van der Waals surface area (Å²) in [5.74, 6) is 0.395. The predicted molar refractivity (Wildman–Crippen MR) is 144 cm³/mol. The van der Waals surface area contributed by atoms with Gasteiger partial charge in [-0.1, -0.05) is 41.5 Å². The van der Waals surface area contributed by atoms with Crippen molar-refractivity contribution in [2.24, 2.45) is 5.73 Å². The van der Waals surface area contributed by atoms with Crippen molar-refractivity contribution in [2.45, 2.75) is 54.5 Å². The summed E-state index contributed by atoms with van der Waals surface area (Å²) in [5.41, 5.74) is 7.20. The molecule has 2 aliphatic heterocycles. The van der Waals surface area contributed by atoms with E-state index in [4.69, 9.17) is 10.7 Å². The molecular formula is C27H31N7O3S. The number of carbonyl (C=O) groups excluding carboxylic acids is 1. The Morgan fingerprint density at radius 1 is 0.947 bits per heavy atom. The van der Waals surface area contributed by atoms with E-state index in [1.54, 1.807) is 24.3 Å². The van der Waals surface area contributed by atoms with Gasteiger partial charge in [0.15, 0.2) is 5.65 Å². The molecule has 4 heterocycles. The molecule has 4 aromatic rings. The van der Waals surface area contributed by atoms with E-state index in [9.17, 15) is 13.2 Å². The van der Waals surface area contributed by atoms with Gasteiger partial charge in [-0.3, -0.25) is 9.69 Å². The number of fused-ring (bicyclic) bond motifs is 3. The number of benzene rings is 2. The maximum absolute atomic E-state index is 13.6. The molecule has 0 bridgehead atoms. The summed E-state index contributed by atoms with van der Waals surface area (Å²) in [5, 5.41) is 8.94. The maximum atomic E-state index is 13.6. The van der Waals surface area contributed by atoms with E-state index in [1.807, 2.05) is 31.2 Å². The fourth-order valence-corrected chi connectivity index (χ4v) is 7.14. The molecular weight excluding hydrogens is 502 g/mol. The van der Waals surface area contributed by atoms with Crippen LogP contribution in [0.2, 0.25) is 0 Å². The van der Waals surface area contributed by atoms with Gasteiger partial charge < -0.3 is 10.6 Å². The van der Waals surface area contributed by atoms with Gasteiger partial charge in [0.2, 0.25) is 20.8 Å². The monoisotopic (exact) mass is 533 g/mol. The summed E-state index contributed by atoms with van der Waals surface area (Å²) < 4.78 is 28.6. The first kappa shape index (κ1) is 24.7. The van der Waals surface area contributed by atoms with Gasteiger partial charge in [0.05, 0.1) is 10.4 Å². The van der Waals surface area contributed by atoms with Crippen LogP contribution in [0.15, 0.2) is 58.5 Å². The molecule has 10 nitrogen and oxygen atoms in total. The van der Waals surface area contributed by atoms with Crippen LogP contribution in [-0.2, 0) is 14.6 Å². The van der Waals surface area contributed by atoms with Crippen molar-refractivity contribution in [3.05, 3.63) is 54.1 Å². The van der Waals surface area contributed by atoms with Crippen LogP contribution in [0.1, 0.15) is 37.7 Å². The van der Waals surface area contributed by atoms with Gasteiger partial charge in [-0.2, -0.15) is 4.52 Å². The Morgan fingerprint density at radius 2 is 1.63 bits per heavy atom. The predicted octanol–water partition coefficient (Wildman–Crippen LogP) is 2.73. The quantitative estimate of drug-likeness (QED) is 0.415. The number of anilines is 1. The van der Waals surface area contributed by atoms with E-state index in [0.29, 0.717) is 37.3 Å². The molecule has 198 valence electrons. The number of aromatic nitrogens is 4. The number of piperidine rings is 2. The Morgan fingerprint density at radius 3 is 2.32 bits per heavy atom. The Balaban J connectivity index is 1.42. The summed E-state index contributed by atoms with van der Waals surface area (Å²) in [4.78, 5) is 22.1. The van der Waals surface area contributed by atoms with Gasteiger partial charge in [-0.25, -0.2) is 13.4 Å². The Labute approximate surface area is 221 Å². The van der Waals surface area contributed by atoms with Gasteiger partial charge in [0, 0.05) is 18.5 Å². The zero-order valence-corrected chi connectivity index (χ0v) is 22.2. The second-order valence-corrected chi connectivity index (χ2v) is 12.2. The Kier molecular flexibility index (Phi) is 6.07. The number of likely N-dealkylation sites (tertiary alicyclic amines) is 1. The van der Waals surface area contributed by atoms with Crippen LogP contribution >= 0.6 is 0 Å². The number of carbonyl (C=O) groups is 1. The third-order valence-corrected chi connectivity index (χ3v) is 9.76. The zero-order valence-electron chi connectivity index (χ0n) is 21.4. The summed E-state index contributed by atoms with van der Waals surface area (Å²) in [6.45, 7) is 4.83. The number of para-hydroxylation sites is 1. The van der Waals surface area contributed by atoms with Crippen molar-refractivity contribution in [3.63, 3.8) is 0 Å². The van der Waals surface area contributed by atoms with Crippen LogP contribution in [0.25, 0.3) is 16.6 Å². The molecule has 11 heteroatoms. The van der Waals surface area contributed by atoms with E-state index < -0.39 is 15.4 Å². The van der Waals surface area contributed by atoms with Crippen LogP contribution in [0.3, 0.4) is 0 Å². The number of aryl methyl sites for hydroxylation is 1. The molecule has 38 heavy (non-hydrogen) atoms. The van der Waals surface area contributed by atoms with Crippen molar-refractivity contribution in [3.8, 4) is 0 Å². The minimum Gasteiger partial charge on any atom is -0.368 e. The molecule has 2 aliphatic rings. The average Bonchev–Trinajstić information content (AvgIpc) is 3.39. The topological polar surface area (TPSA) is 127 Å². The number of nitrogens with two attached hydrogens (primary N) is 1. The van der Waals surface area contributed by atoms with Crippen LogP contribution in [-0.4, -0.2) is 70.8 Å². The standard InChI is InChI=1S/C27H31N7O3S/c1-19-9-11-20(12-10-19)38(36,37)25-24-29-23(21-7-3-4-8-22(21)34(24)31-30-25)32-17-13-27(14-18-32,26(28)35)33-15-5-2-6-16-33/h3-4,7-12H,2,5-6,13-18H2,1H3,(H2,28,35). The third kappa shape index (κ3) is 3.92. The normalized spacial score (nSPS) is 18.7. The smallest absolute Gasteiger partial charge is 0.238 e. The van der Waals surface area contributed by atoms with E-state index in [1.165, 1.54) is 10.9 Å². The maximum Gasteiger partial charge on any atom is 0.238 e. The molecule has 1 amide bonds. The number of primary amides is 1. The molecule has 0 spiro atoms. The van der Waals surface area contributed by atoms with Crippen LogP contribution < -0.4 is 10.6 Å². The lowest BCUT2D eigenvalue weighted by Gasteiger charge is -2.48. The third-order valence-electron chi connectivity index (χ3n) is 8.10. The minimum atomic E-state index is -3.94. The molecule has 0 unspecified atom stereocenters. The Bertz CT molecular complexity index is 1620. The van der Waals surface area contributed by atoms with Gasteiger partial charge in [0.1, 0.15) is 11.4 Å². The molecule has 0 aliphatic carbocycles. The van der Waals surface area contributed by atoms with Crippen molar-refractivity contribution < 1.29 is 13.2 Å². The summed E-state index contributed by atoms with van der Waals surface area (Å²) in [7, 11) is -3.94. The number of hydrogen-bond donors (Lipinski definition) is 1. The highest BCUT2D eigenvalue weighted by atomic mass is 32.2. The van der Waals surface area contributed by atoms with Crippen LogP contribution in [0.5, 0.6) is 0 Å². The number of hydrogen-bond acceptors (Lipinski definition) is 8. The number of nitrogens with zero attached hydrogens (tertiary/aromatic N) is 6. The van der Waals surface area contributed by atoms with Crippen molar-refractivity contribution in [1.29, 1.82) is 0 Å². The summed E-state index contributed by atoms with van der Waals surface area (Å²) in [6.07, 6.45) is 4.52. The highest BCUT2D eigenvalue weighted by molar-refractivity contribution is 7.91. The second-order valence-electron chi connectivity index (χ2n) is 10.3. The molecule has 2 aromatic carbocycles. The molecule has 2 saturated heterocycles. The van der Waals surface area contributed by atoms with Crippen LogP contribution in [0, 0.1) is 6.92 Å². The van der Waals surface area contributed by atoms with Gasteiger partial charge in [-0.15, -0.1) is 5.10 Å². The lowest BCUT2D eigenvalue weighted by molar-refractivity contribution is -0.132. The SMILES string of the molecule is Cc1ccc(S(=O)(=O)c2nnn3c2nc(N2CCC(C(N)=O)(N4CCCCC4)CC2)c2ccccc23)cc1. The highest BCUT2D eigenvalue weighted by Crippen LogP contribution is 2.36. The number of rotatable bonds is 5. The molecule has 0 saturated carbocycles. The molecule has 0 radical (unpaired) electrons. The average molecular weight is 534 g/mol. The molecule has 6 rings (SSSR count). The fraction of sp³-hybridized carbons (Fsp3) is 0.407.